The second-order valence-electron chi connectivity index (χ2n) is 5.62. The summed E-state index contributed by atoms with van der Waals surface area (Å²) in [7, 11) is 0. The Labute approximate surface area is 155 Å². The lowest BCUT2D eigenvalue weighted by Crippen LogP contribution is -2.28. The van der Waals surface area contributed by atoms with E-state index in [2.05, 4.69) is 20.7 Å². The molecule has 0 saturated carbocycles. The van der Waals surface area contributed by atoms with Crippen molar-refractivity contribution in [3.05, 3.63) is 62.6 Å². The van der Waals surface area contributed by atoms with Crippen LogP contribution in [0.5, 0.6) is 5.75 Å². The molecule has 1 aliphatic rings. The minimum atomic E-state index is -3.01. The van der Waals surface area contributed by atoms with Gasteiger partial charge < -0.3 is 4.74 Å². The van der Waals surface area contributed by atoms with Crippen LogP contribution in [0.15, 0.2) is 46.9 Å². The zero-order chi connectivity index (χ0) is 18.8. The van der Waals surface area contributed by atoms with E-state index in [1.54, 1.807) is 18.2 Å². The van der Waals surface area contributed by atoms with E-state index in [-0.39, 0.29) is 29.5 Å². The average molecular weight is 427 g/mol. The number of halogens is 3. The standard InChI is InChI=1S/C17H13BrF2N2O4/c18-10-5-6-13(22(24)25)14(9-10)21-12(7-8-16(21)23)11-3-1-2-4-15(11)26-17(19)20/h1-6,9,12,17H,7-8H2/t12-/m1/s1. The highest BCUT2D eigenvalue weighted by Crippen LogP contribution is 2.44. The number of hydrogen-bond acceptors (Lipinski definition) is 4. The summed E-state index contributed by atoms with van der Waals surface area (Å²) in [6.45, 7) is -3.01. The first-order valence-corrected chi connectivity index (χ1v) is 8.47. The number of alkyl halides is 2. The van der Waals surface area contributed by atoms with Crippen LogP contribution >= 0.6 is 15.9 Å². The molecule has 1 saturated heterocycles. The second kappa shape index (κ2) is 7.36. The van der Waals surface area contributed by atoms with Crippen LogP contribution in [0.3, 0.4) is 0 Å². The number of hydrogen-bond donors (Lipinski definition) is 0. The smallest absolute Gasteiger partial charge is 0.387 e. The van der Waals surface area contributed by atoms with Gasteiger partial charge in [-0.05, 0) is 24.6 Å². The zero-order valence-corrected chi connectivity index (χ0v) is 14.9. The van der Waals surface area contributed by atoms with Crippen LogP contribution < -0.4 is 9.64 Å². The molecule has 9 heteroatoms. The average Bonchev–Trinajstić information content (AvgIpc) is 2.95. The fourth-order valence-electron chi connectivity index (χ4n) is 3.08. The lowest BCUT2D eigenvalue weighted by atomic mass is 10.0. The van der Waals surface area contributed by atoms with E-state index in [0.717, 1.165) is 0 Å². The molecule has 3 rings (SSSR count). The third-order valence-electron chi connectivity index (χ3n) is 4.10. The normalized spacial score (nSPS) is 17.0. The quantitative estimate of drug-likeness (QED) is 0.507. The topological polar surface area (TPSA) is 72.7 Å². The van der Waals surface area contributed by atoms with Crippen molar-refractivity contribution in [3.63, 3.8) is 0 Å². The number of carbonyl (C=O) groups excluding carboxylic acids is 1. The molecule has 1 fully saturated rings. The molecule has 0 unspecified atom stereocenters. The van der Waals surface area contributed by atoms with Crippen molar-refractivity contribution in [1.82, 2.24) is 0 Å². The first-order chi connectivity index (χ1) is 12.4. The van der Waals surface area contributed by atoms with Crippen molar-refractivity contribution < 1.29 is 23.2 Å². The van der Waals surface area contributed by atoms with Crippen LogP contribution in [0.1, 0.15) is 24.4 Å². The van der Waals surface area contributed by atoms with Crippen molar-refractivity contribution in [3.8, 4) is 5.75 Å². The van der Waals surface area contributed by atoms with Gasteiger partial charge >= 0.3 is 6.61 Å². The maximum absolute atomic E-state index is 12.7. The molecule has 2 aromatic rings. The van der Waals surface area contributed by atoms with Crippen molar-refractivity contribution >= 4 is 33.2 Å². The maximum Gasteiger partial charge on any atom is 0.387 e. The summed E-state index contributed by atoms with van der Waals surface area (Å²) in [5.41, 5.74) is 0.261. The Morgan fingerprint density at radius 1 is 1.27 bits per heavy atom. The number of para-hydroxylation sites is 1. The summed E-state index contributed by atoms with van der Waals surface area (Å²) in [6.07, 6.45) is 0.490. The molecular formula is C17H13BrF2N2O4. The van der Waals surface area contributed by atoms with E-state index in [9.17, 15) is 23.7 Å². The summed E-state index contributed by atoms with van der Waals surface area (Å²) >= 11 is 3.25. The van der Waals surface area contributed by atoms with Crippen LogP contribution in [-0.2, 0) is 4.79 Å². The molecule has 26 heavy (non-hydrogen) atoms. The number of carbonyl (C=O) groups is 1. The van der Waals surface area contributed by atoms with E-state index in [4.69, 9.17) is 0 Å². The molecule has 1 amide bonds. The van der Waals surface area contributed by atoms with Crippen molar-refractivity contribution in [1.29, 1.82) is 0 Å². The second-order valence-corrected chi connectivity index (χ2v) is 6.54. The summed E-state index contributed by atoms with van der Waals surface area (Å²) in [4.78, 5) is 24.6. The molecule has 0 aliphatic carbocycles. The van der Waals surface area contributed by atoms with E-state index in [1.807, 2.05) is 0 Å². The van der Waals surface area contributed by atoms with Gasteiger partial charge in [-0.1, -0.05) is 34.1 Å². The van der Waals surface area contributed by atoms with Crippen LogP contribution in [0.2, 0.25) is 0 Å². The van der Waals surface area contributed by atoms with Gasteiger partial charge in [0.25, 0.3) is 5.69 Å². The number of nitrogens with zero attached hydrogens (tertiary/aromatic N) is 2. The number of anilines is 1. The Balaban J connectivity index is 2.10. The third-order valence-corrected chi connectivity index (χ3v) is 4.59. The molecule has 2 aromatic carbocycles. The van der Waals surface area contributed by atoms with E-state index >= 15 is 0 Å². The van der Waals surface area contributed by atoms with Gasteiger partial charge in [0.1, 0.15) is 11.4 Å². The Morgan fingerprint density at radius 3 is 2.69 bits per heavy atom. The third kappa shape index (κ3) is 3.52. The molecule has 6 nitrogen and oxygen atoms in total. The maximum atomic E-state index is 12.7. The van der Waals surface area contributed by atoms with Gasteiger partial charge in [-0.2, -0.15) is 8.78 Å². The van der Waals surface area contributed by atoms with Crippen molar-refractivity contribution in [2.24, 2.45) is 0 Å². The monoisotopic (exact) mass is 426 g/mol. The summed E-state index contributed by atoms with van der Waals surface area (Å²) < 4.78 is 30.5. The molecule has 1 heterocycles. The molecule has 0 aromatic heterocycles. The summed E-state index contributed by atoms with van der Waals surface area (Å²) in [5, 5.41) is 11.4. The molecule has 0 N–H and O–H groups in total. The van der Waals surface area contributed by atoms with Crippen LogP contribution in [-0.4, -0.2) is 17.4 Å². The number of rotatable bonds is 5. The molecule has 0 bridgehead atoms. The predicted molar refractivity (Wildman–Crippen MR) is 93.3 cm³/mol. The molecule has 1 aliphatic heterocycles. The fraction of sp³-hybridized carbons (Fsp3) is 0.235. The van der Waals surface area contributed by atoms with Crippen LogP contribution in [0.4, 0.5) is 20.2 Å². The van der Waals surface area contributed by atoms with Gasteiger partial charge in [-0.3, -0.25) is 19.8 Å². The Bertz CT molecular complexity index is 862. The Kier molecular flexibility index (Phi) is 5.17. The summed E-state index contributed by atoms with van der Waals surface area (Å²) in [5.74, 6) is -0.368. The minimum absolute atomic E-state index is 0.0511. The highest BCUT2D eigenvalue weighted by atomic mass is 79.9. The van der Waals surface area contributed by atoms with Gasteiger partial charge in [-0.25, -0.2) is 0 Å². The molecule has 136 valence electrons. The SMILES string of the molecule is O=C1CC[C@H](c2ccccc2OC(F)F)N1c1cc(Br)ccc1[N+](=O)[O-]. The number of ether oxygens (including phenoxy) is 1. The zero-order valence-electron chi connectivity index (χ0n) is 13.3. The number of amides is 1. The van der Waals surface area contributed by atoms with E-state index < -0.39 is 17.6 Å². The highest BCUT2D eigenvalue weighted by molar-refractivity contribution is 9.10. The lowest BCUT2D eigenvalue weighted by Gasteiger charge is -2.26. The number of nitro benzene ring substituents is 1. The lowest BCUT2D eigenvalue weighted by molar-refractivity contribution is -0.384. The van der Waals surface area contributed by atoms with Gasteiger partial charge in [0.2, 0.25) is 5.91 Å². The highest BCUT2D eigenvalue weighted by Gasteiger charge is 2.38. The molecular weight excluding hydrogens is 414 g/mol. The van der Waals surface area contributed by atoms with E-state index in [1.165, 1.54) is 29.2 Å². The van der Waals surface area contributed by atoms with Gasteiger partial charge in [0, 0.05) is 22.5 Å². The first-order valence-electron chi connectivity index (χ1n) is 7.68. The fourth-order valence-corrected chi connectivity index (χ4v) is 3.43. The number of benzene rings is 2. The van der Waals surface area contributed by atoms with Crippen molar-refractivity contribution in [2.45, 2.75) is 25.5 Å². The van der Waals surface area contributed by atoms with Crippen molar-refractivity contribution in [2.75, 3.05) is 4.90 Å². The predicted octanol–water partition coefficient (Wildman–Crippen LogP) is 4.83. The largest absolute Gasteiger partial charge is 0.434 e. The molecule has 0 radical (unpaired) electrons. The minimum Gasteiger partial charge on any atom is -0.434 e. The van der Waals surface area contributed by atoms with Crippen LogP contribution in [0.25, 0.3) is 0 Å². The molecule has 1 atom stereocenters. The van der Waals surface area contributed by atoms with Crippen LogP contribution in [0, 0.1) is 10.1 Å². The number of nitro groups is 1. The first kappa shape index (κ1) is 18.2. The van der Waals surface area contributed by atoms with Gasteiger partial charge in [-0.15, -0.1) is 0 Å². The molecule has 0 spiro atoms. The van der Waals surface area contributed by atoms with Gasteiger partial charge in [0.05, 0.1) is 11.0 Å². The van der Waals surface area contributed by atoms with Gasteiger partial charge in [0.15, 0.2) is 0 Å². The Morgan fingerprint density at radius 2 is 2.00 bits per heavy atom. The van der Waals surface area contributed by atoms with E-state index in [0.29, 0.717) is 16.5 Å². The summed E-state index contributed by atoms with van der Waals surface area (Å²) in [6, 6.07) is 9.80. The Hall–Kier alpha value is -2.55.